The summed E-state index contributed by atoms with van der Waals surface area (Å²) in [5.74, 6) is 0. The van der Waals surface area contributed by atoms with E-state index in [1.165, 1.54) is 14.2 Å². The maximum absolute atomic E-state index is 11.9. The standard InChI is InChI=1S/C8H13ClN2O4S2/c1-5-7(16-8(9)11-5)17(12,13)10-4-6(14-2)15-3/h6,10H,4H2,1-3H3. The number of ether oxygens (including phenoxy) is 2. The van der Waals surface area contributed by atoms with Gasteiger partial charge in [-0.25, -0.2) is 18.1 Å². The highest BCUT2D eigenvalue weighted by Crippen LogP contribution is 2.26. The van der Waals surface area contributed by atoms with Crippen LogP contribution in [-0.2, 0) is 19.5 Å². The molecule has 0 aliphatic carbocycles. The molecule has 1 rings (SSSR count). The SMILES string of the molecule is COC(CNS(=O)(=O)c1sc(Cl)nc1C)OC. The zero-order chi connectivity index (χ0) is 13.1. The first-order chi connectivity index (χ1) is 7.90. The van der Waals surface area contributed by atoms with Crippen LogP contribution in [0, 0.1) is 6.92 Å². The Kier molecular flexibility index (Phi) is 5.29. The van der Waals surface area contributed by atoms with Crippen molar-refractivity contribution in [3.8, 4) is 0 Å². The molecule has 17 heavy (non-hydrogen) atoms. The highest BCUT2D eigenvalue weighted by molar-refractivity contribution is 7.91. The molecule has 0 radical (unpaired) electrons. The first-order valence-electron chi connectivity index (χ1n) is 4.59. The molecule has 1 aromatic rings. The number of hydrogen-bond donors (Lipinski definition) is 1. The number of rotatable bonds is 6. The lowest BCUT2D eigenvalue weighted by molar-refractivity contribution is -0.0960. The van der Waals surface area contributed by atoms with E-state index in [0.717, 1.165) is 11.3 Å². The van der Waals surface area contributed by atoms with E-state index in [0.29, 0.717) is 5.69 Å². The summed E-state index contributed by atoms with van der Waals surface area (Å²) in [6, 6.07) is 0. The van der Waals surface area contributed by atoms with Crippen LogP contribution in [0.3, 0.4) is 0 Å². The van der Waals surface area contributed by atoms with Crippen LogP contribution >= 0.6 is 22.9 Å². The van der Waals surface area contributed by atoms with Crippen LogP contribution in [0.15, 0.2) is 4.21 Å². The van der Waals surface area contributed by atoms with Crippen molar-refractivity contribution >= 4 is 33.0 Å². The number of nitrogens with zero attached hydrogens (tertiary/aromatic N) is 1. The molecule has 1 heterocycles. The quantitative estimate of drug-likeness (QED) is 0.793. The van der Waals surface area contributed by atoms with Crippen molar-refractivity contribution < 1.29 is 17.9 Å². The van der Waals surface area contributed by atoms with E-state index in [4.69, 9.17) is 21.1 Å². The molecule has 1 aromatic heterocycles. The summed E-state index contributed by atoms with van der Waals surface area (Å²) in [7, 11) is -0.768. The monoisotopic (exact) mass is 300 g/mol. The van der Waals surface area contributed by atoms with Gasteiger partial charge in [-0.15, -0.1) is 0 Å². The van der Waals surface area contributed by atoms with Crippen molar-refractivity contribution in [3.63, 3.8) is 0 Å². The second kappa shape index (κ2) is 6.07. The van der Waals surface area contributed by atoms with Crippen LogP contribution in [0.5, 0.6) is 0 Å². The predicted molar refractivity (Wildman–Crippen MR) is 64.9 cm³/mol. The van der Waals surface area contributed by atoms with Gasteiger partial charge in [0.25, 0.3) is 10.0 Å². The number of methoxy groups -OCH3 is 2. The van der Waals surface area contributed by atoms with E-state index in [1.54, 1.807) is 6.92 Å². The predicted octanol–water partition coefficient (Wildman–Crippen LogP) is 1.00. The summed E-state index contributed by atoms with van der Waals surface area (Å²) in [6.45, 7) is 1.60. The highest BCUT2D eigenvalue weighted by atomic mass is 35.5. The molecule has 0 unspecified atom stereocenters. The number of aromatic nitrogens is 1. The Hall–Kier alpha value is -0.250. The van der Waals surface area contributed by atoms with Crippen molar-refractivity contribution in [2.45, 2.75) is 17.4 Å². The highest BCUT2D eigenvalue weighted by Gasteiger charge is 2.22. The van der Waals surface area contributed by atoms with Gasteiger partial charge in [0.05, 0.1) is 12.2 Å². The number of thiazole rings is 1. The molecular weight excluding hydrogens is 288 g/mol. The smallest absolute Gasteiger partial charge is 0.252 e. The fraction of sp³-hybridized carbons (Fsp3) is 0.625. The van der Waals surface area contributed by atoms with Gasteiger partial charge < -0.3 is 9.47 Å². The third-order valence-corrected chi connectivity index (χ3v) is 5.23. The van der Waals surface area contributed by atoms with E-state index >= 15 is 0 Å². The van der Waals surface area contributed by atoms with E-state index in [2.05, 4.69) is 9.71 Å². The molecule has 0 aliphatic rings. The summed E-state index contributed by atoms with van der Waals surface area (Å²) >= 11 is 6.57. The lowest BCUT2D eigenvalue weighted by Crippen LogP contribution is -2.34. The molecule has 1 N–H and O–H groups in total. The van der Waals surface area contributed by atoms with Crippen molar-refractivity contribution in [2.24, 2.45) is 0 Å². The summed E-state index contributed by atoms with van der Waals surface area (Å²) < 4.78 is 36.2. The maximum Gasteiger partial charge on any atom is 0.252 e. The molecule has 0 fully saturated rings. The zero-order valence-electron chi connectivity index (χ0n) is 9.56. The molecule has 9 heteroatoms. The molecule has 98 valence electrons. The largest absolute Gasteiger partial charge is 0.355 e. The van der Waals surface area contributed by atoms with Gasteiger partial charge in [0.2, 0.25) is 0 Å². The molecule has 0 bridgehead atoms. The average molecular weight is 301 g/mol. The Morgan fingerprint density at radius 3 is 2.47 bits per heavy atom. The fourth-order valence-electron chi connectivity index (χ4n) is 1.11. The van der Waals surface area contributed by atoms with Crippen LogP contribution in [-0.4, -0.2) is 40.5 Å². The van der Waals surface area contributed by atoms with Gasteiger partial charge in [-0.3, -0.25) is 0 Å². The Labute approximate surface area is 109 Å². The van der Waals surface area contributed by atoms with Crippen molar-refractivity contribution in [3.05, 3.63) is 10.2 Å². The maximum atomic E-state index is 11.9. The first-order valence-corrected chi connectivity index (χ1v) is 7.26. The van der Waals surface area contributed by atoms with Crippen LogP contribution in [0.2, 0.25) is 4.47 Å². The van der Waals surface area contributed by atoms with E-state index in [-0.39, 0.29) is 15.2 Å². The molecule has 0 spiro atoms. The van der Waals surface area contributed by atoms with E-state index in [9.17, 15) is 8.42 Å². The minimum Gasteiger partial charge on any atom is -0.355 e. The Morgan fingerprint density at radius 1 is 1.47 bits per heavy atom. The lowest BCUT2D eigenvalue weighted by Gasteiger charge is -2.13. The summed E-state index contributed by atoms with van der Waals surface area (Å²) in [6.07, 6.45) is -0.631. The van der Waals surface area contributed by atoms with Gasteiger partial charge in [0, 0.05) is 14.2 Å². The van der Waals surface area contributed by atoms with Gasteiger partial charge in [-0.05, 0) is 6.92 Å². The van der Waals surface area contributed by atoms with Gasteiger partial charge in [0.15, 0.2) is 15.0 Å². The van der Waals surface area contributed by atoms with Crippen LogP contribution in [0.4, 0.5) is 0 Å². The number of hydrogen-bond acceptors (Lipinski definition) is 6. The number of halogens is 1. The Morgan fingerprint density at radius 2 is 2.06 bits per heavy atom. The van der Waals surface area contributed by atoms with Gasteiger partial charge in [0.1, 0.15) is 0 Å². The minimum atomic E-state index is -3.62. The second-order valence-electron chi connectivity index (χ2n) is 3.09. The number of nitrogens with one attached hydrogen (secondary N) is 1. The third-order valence-electron chi connectivity index (χ3n) is 1.94. The topological polar surface area (TPSA) is 77.5 Å². The molecule has 0 saturated carbocycles. The number of aryl methyl sites for hydroxylation is 1. The minimum absolute atomic E-state index is 0.0181. The Bertz CT molecular complexity index is 470. The molecule has 6 nitrogen and oxygen atoms in total. The Balaban J connectivity index is 2.79. The van der Waals surface area contributed by atoms with Gasteiger partial charge in [-0.2, -0.15) is 0 Å². The molecule has 0 aromatic carbocycles. The van der Waals surface area contributed by atoms with Gasteiger partial charge >= 0.3 is 0 Å². The van der Waals surface area contributed by atoms with E-state index in [1.807, 2.05) is 0 Å². The molecular formula is C8H13ClN2O4S2. The fourth-order valence-corrected chi connectivity index (χ4v) is 3.90. The lowest BCUT2D eigenvalue weighted by atomic mass is 10.6. The molecule has 0 atom stereocenters. The molecule has 0 saturated heterocycles. The summed E-state index contributed by atoms with van der Waals surface area (Å²) in [4.78, 5) is 3.85. The molecule has 0 amide bonds. The average Bonchev–Trinajstić information content (AvgIpc) is 2.60. The second-order valence-corrected chi connectivity index (χ2v) is 6.64. The first kappa shape index (κ1) is 14.8. The zero-order valence-corrected chi connectivity index (χ0v) is 11.9. The van der Waals surface area contributed by atoms with Crippen molar-refractivity contribution in [1.82, 2.24) is 9.71 Å². The summed E-state index contributed by atoms with van der Waals surface area (Å²) in [5, 5.41) is 0. The van der Waals surface area contributed by atoms with Gasteiger partial charge in [-0.1, -0.05) is 22.9 Å². The third kappa shape index (κ3) is 3.87. The summed E-state index contributed by atoms with van der Waals surface area (Å²) in [5.41, 5.74) is 0.374. The van der Waals surface area contributed by atoms with Crippen LogP contribution in [0.1, 0.15) is 5.69 Å². The van der Waals surface area contributed by atoms with Crippen LogP contribution in [0.25, 0.3) is 0 Å². The number of sulfonamides is 1. The van der Waals surface area contributed by atoms with E-state index < -0.39 is 16.3 Å². The normalized spacial score (nSPS) is 12.3. The van der Waals surface area contributed by atoms with Crippen molar-refractivity contribution in [2.75, 3.05) is 20.8 Å². The van der Waals surface area contributed by atoms with Crippen LogP contribution < -0.4 is 4.72 Å². The molecule has 0 aliphatic heterocycles. The van der Waals surface area contributed by atoms with Crippen molar-refractivity contribution in [1.29, 1.82) is 0 Å².